The zero-order valence-electron chi connectivity index (χ0n) is 6.49. The minimum atomic E-state index is -3.87. The lowest BCUT2D eigenvalue weighted by molar-refractivity contribution is 0.411. The van der Waals surface area contributed by atoms with Crippen molar-refractivity contribution in [2.45, 2.75) is 4.90 Å². The highest BCUT2D eigenvalue weighted by atomic mass is 35.7. The quantitative estimate of drug-likeness (QED) is 0.584. The molecule has 0 aliphatic carbocycles. The van der Waals surface area contributed by atoms with Crippen molar-refractivity contribution in [3.05, 3.63) is 17.4 Å². The van der Waals surface area contributed by atoms with Gasteiger partial charge in [0.25, 0.3) is 9.05 Å². The van der Waals surface area contributed by atoms with Gasteiger partial charge < -0.3 is 4.74 Å². The number of aromatic nitrogens is 1. The summed E-state index contributed by atoms with van der Waals surface area (Å²) in [6, 6.07) is 1.21. The molecule has 0 saturated heterocycles. The molecule has 72 valence electrons. The number of pyridine rings is 1. The number of rotatable bonds is 2. The average Bonchev–Trinajstić information content (AvgIpc) is 2.03. The third-order valence-corrected chi connectivity index (χ3v) is 3.03. The number of halogens is 2. The monoisotopic (exact) mass is 241 g/mol. The van der Waals surface area contributed by atoms with Crippen molar-refractivity contribution in [3.63, 3.8) is 0 Å². The van der Waals surface area contributed by atoms with Crippen molar-refractivity contribution in [2.75, 3.05) is 7.11 Å². The molecule has 7 heteroatoms. The largest absolute Gasteiger partial charge is 0.495 e. The molecule has 0 spiro atoms. The second-order valence-corrected chi connectivity index (χ2v) is 4.99. The topological polar surface area (TPSA) is 56.3 Å². The molecule has 0 aliphatic rings. The average molecular weight is 242 g/mol. The second-order valence-electron chi connectivity index (χ2n) is 2.10. The number of nitrogens with zero attached hydrogens (tertiary/aromatic N) is 1. The van der Waals surface area contributed by atoms with Crippen LogP contribution in [-0.2, 0) is 9.05 Å². The van der Waals surface area contributed by atoms with E-state index >= 15 is 0 Å². The molecule has 0 saturated carbocycles. The van der Waals surface area contributed by atoms with Gasteiger partial charge >= 0.3 is 0 Å². The Morgan fingerprint density at radius 2 is 2.15 bits per heavy atom. The first-order chi connectivity index (χ1) is 5.95. The van der Waals surface area contributed by atoms with Crippen molar-refractivity contribution in [2.24, 2.45) is 0 Å². The molecule has 13 heavy (non-hydrogen) atoms. The van der Waals surface area contributed by atoms with E-state index in [1.54, 1.807) is 0 Å². The van der Waals surface area contributed by atoms with E-state index in [1.807, 2.05) is 0 Å². The summed E-state index contributed by atoms with van der Waals surface area (Å²) in [5.74, 6) is 0.281. The number of methoxy groups -OCH3 is 1. The maximum Gasteiger partial charge on any atom is 0.264 e. The van der Waals surface area contributed by atoms with Crippen molar-refractivity contribution >= 4 is 31.3 Å². The van der Waals surface area contributed by atoms with Gasteiger partial charge in [0.1, 0.15) is 15.8 Å². The van der Waals surface area contributed by atoms with E-state index in [0.29, 0.717) is 0 Å². The highest BCUT2D eigenvalue weighted by Crippen LogP contribution is 2.25. The van der Waals surface area contributed by atoms with Crippen LogP contribution in [0.3, 0.4) is 0 Å². The van der Waals surface area contributed by atoms with E-state index in [-0.39, 0.29) is 15.8 Å². The lowest BCUT2D eigenvalue weighted by Crippen LogP contribution is -1.95. The van der Waals surface area contributed by atoms with Gasteiger partial charge in [0.05, 0.1) is 13.3 Å². The van der Waals surface area contributed by atoms with Crippen LogP contribution < -0.4 is 4.74 Å². The molecule has 0 fully saturated rings. The summed E-state index contributed by atoms with van der Waals surface area (Å²) in [6.07, 6.45) is 1.30. The Morgan fingerprint density at radius 1 is 1.54 bits per heavy atom. The van der Waals surface area contributed by atoms with Gasteiger partial charge in [-0.05, 0) is 0 Å². The smallest absolute Gasteiger partial charge is 0.264 e. The van der Waals surface area contributed by atoms with Gasteiger partial charge in [-0.2, -0.15) is 0 Å². The second kappa shape index (κ2) is 3.69. The molecule has 0 radical (unpaired) electrons. The van der Waals surface area contributed by atoms with Gasteiger partial charge in [0.2, 0.25) is 0 Å². The Labute approximate surface area is 84.9 Å². The third-order valence-electron chi connectivity index (χ3n) is 1.28. The SMILES string of the molecule is COc1cnc(Cl)c(S(=O)(=O)Cl)c1. The van der Waals surface area contributed by atoms with Gasteiger partial charge in [-0.3, -0.25) is 0 Å². The lowest BCUT2D eigenvalue weighted by Gasteiger charge is -2.02. The summed E-state index contributed by atoms with van der Waals surface area (Å²) in [4.78, 5) is 3.34. The third kappa shape index (κ3) is 2.46. The summed E-state index contributed by atoms with van der Waals surface area (Å²) < 4.78 is 26.6. The molecule has 0 N–H and O–H groups in total. The molecule has 1 aromatic heterocycles. The zero-order valence-corrected chi connectivity index (χ0v) is 8.82. The molecular formula is C6H5Cl2NO3S. The van der Waals surface area contributed by atoms with Gasteiger partial charge in [0, 0.05) is 16.7 Å². The first-order valence-corrected chi connectivity index (χ1v) is 5.78. The first-order valence-electron chi connectivity index (χ1n) is 3.09. The number of hydrogen-bond acceptors (Lipinski definition) is 4. The fourth-order valence-electron chi connectivity index (χ4n) is 0.693. The first kappa shape index (κ1) is 10.6. The zero-order chi connectivity index (χ0) is 10.1. The molecule has 0 atom stereocenters. The Kier molecular flexibility index (Phi) is 3.00. The summed E-state index contributed by atoms with van der Waals surface area (Å²) in [5.41, 5.74) is 0. The molecule has 1 rings (SSSR count). The molecule has 1 aromatic rings. The van der Waals surface area contributed by atoms with Crippen molar-refractivity contribution in [1.82, 2.24) is 4.98 Å². The van der Waals surface area contributed by atoms with Crippen LogP contribution in [0.25, 0.3) is 0 Å². The molecule has 0 aliphatic heterocycles. The predicted molar refractivity (Wildman–Crippen MR) is 48.8 cm³/mol. The Morgan fingerprint density at radius 3 is 2.62 bits per heavy atom. The van der Waals surface area contributed by atoms with Crippen molar-refractivity contribution in [3.8, 4) is 5.75 Å². The molecular weight excluding hydrogens is 237 g/mol. The highest BCUT2D eigenvalue weighted by Gasteiger charge is 2.16. The normalized spacial score (nSPS) is 11.3. The van der Waals surface area contributed by atoms with Gasteiger partial charge in [-0.25, -0.2) is 13.4 Å². The van der Waals surface area contributed by atoms with Gasteiger partial charge in [-0.15, -0.1) is 0 Å². The molecule has 0 unspecified atom stereocenters. The molecule has 0 amide bonds. The summed E-state index contributed by atoms with van der Waals surface area (Å²) in [6.45, 7) is 0. The van der Waals surface area contributed by atoms with Crippen LogP contribution in [0.5, 0.6) is 5.75 Å². The Bertz CT molecular complexity index is 418. The van der Waals surface area contributed by atoms with Crippen LogP contribution in [-0.4, -0.2) is 20.5 Å². The van der Waals surface area contributed by atoms with E-state index in [0.717, 1.165) is 0 Å². The standard InChI is InChI=1S/C6H5Cl2NO3S/c1-12-4-2-5(13(8,10)11)6(7)9-3-4/h2-3H,1H3. The molecule has 4 nitrogen and oxygen atoms in total. The lowest BCUT2D eigenvalue weighted by atomic mass is 10.5. The van der Waals surface area contributed by atoms with Gasteiger partial charge in [-0.1, -0.05) is 11.6 Å². The van der Waals surface area contributed by atoms with E-state index in [4.69, 9.17) is 27.0 Å². The maximum atomic E-state index is 10.9. The summed E-state index contributed by atoms with van der Waals surface area (Å²) >= 11 is 5.51. The Balaban J connectivity index is 3.36. The molecule has 0 bridgehead atoms. The van der Waals surface area contributed by atoms with Crippen LogP contribution in [0.15, 0.2) is 17.2 Å². The van der Waals surface area contributed by atoms with Crippen molar-refractivity contribution < 1.29 is 13.2 Å². The fourth-order valence-corrected chi connectivity index (χ4v) is 2.08. The van der Waals surface area contributed by atoms with Crippen LogP contribution in [0, 0.1) is 0 Å². The number of ether oxygens (including phenoxy) is 1. The van der Waals surface area contributed by atoms with Crippen molar-refractivity contribution in [1.29, 1.82) is 0 Å². The Hall–Kier alpha value is -0.520. The van der Waals surface area contributed by atoms with Crippen LogP contribution in [0.1, 0.15) is 0 Å². The van der Waals surface area contributed by atoms with Crippen LogP contribution >= 0.6 is 22.3 Å². The minimum Gasteiger partial charge on any atom is -0.495 e. The highest BCUT2D eigenvalue weighted by molar-refractivity contribution is 8.13. The molecule has 1 heterocycles. The number of hydrogen-bond donors (Lipinski definition) is 0. The summed E-state index contributed by atoms with van der Waals surface area (Å²) in [5, 5.41) is -0.171. The van der Waals surface area contributed by atoms with E-state index in [2.05, 4.69) is 4.98 Å². The van der Waals surface area contributed by atoms with E-state index < -0.39 is 9.05 Å². The maximum absolute atomic E-state index is 10.9. The summed E-state index contributed by atoms with van der Waals surface area (Å²) in [7, 11) is 2.60. The van der Waals surface area contributed by atoms with Crippen LogP contribution in [0.2, 0.25) is 5.15 Å². The fraction of sp³-hybridized carbons (Fsp3) is 0.167. The predicted octanol–water partition coefficient (Wildman–Crippen LogP) is 1.67. The minimum absolute atomic E-state index is 0.171. The molecule has 0 aromatic carbocycles. The van der Waals surface area contributed by atoms with E-state index in [1.165, 1.54) is 19.4 Å². The van der Waals surface area contributed by atoms with Gasteiger partial charge in [0.15, 0.2) is 0 Å². The van der Waals surface area contributed by atoms with E-state index in [9.17, 15) is 8.42 Å². The van der Waals surface area contributed by atoms with Crippen LogP contribution in [0.4, 0.5) is 0 Å².